The average molecular weight is 181 g/mol. The molecule has 2 N–H and O–H groups in total. The molecule has 1 aromatic carbocycles. The Morgan fingerprint density at radius 1 is 1.54 bits per heavy atom. The van der Waals surface area contributed by atoms with Crippen molar-refractivity contribution < 1.29 is 14.3 Å². The van der Waals surface area contributed by atoms with Crippen LogP contribution in [0, 0.1) is 0 Å². The highest BCUT2D eigenvalue weighted by Crippen LogP contribution is 2.34. The third-order valence-corrected chi connectivity index (χ3v) is 2.01. The van der Waals surface area contributed by atoms with Gasteiger partial charge in [-0.25, -0.2) is 4.39 Å². The zero-order valence-corrected chi connectivity index (χ0v) is 6.75. The molecule has 0 aromatic heterocycles. The highest BCUT2D eigenvalue weighted by atomic mass is 19.1. The first-order valence-corrected chi connectivity index (χ1v) is 3.93. The van der Waals surface area contributed by atoms with Crippen LogP contribution in [-0.4, -0.2) is 11.0 Å². The van der Waals surface area contributed by atoms with Crippen molar-refractivity contribution in [1.29, 1.82) is 0 Å². The molecule has 3 nitrogen and oxygen atoms in total. The summed E-state index contributed by atoms with van der Waals surface area (Å²) in [6.07, 6.45) is -1.48. The standard InChI is InChI=1S/C9H8FNO2/c10-7-4-9(13)11-8-2-1-5(12)3-6(7)8/h1-3,7,12H,4H2,(H,11,13). The Hall–Kier alpha value is -1.58. The topological polar surface area (TPSA) is 49.3 Å². The number of carbonyl (C=O) groups is 1. The molecule has 1 aliphatic rings. The van der Waals surface area contributed by atoms with Crippen LogP contribution in [0.15, 0.2) is 18.2 Å². The van der Waals surface area contributed by atoms with Crippen molar-refractivity contribution in [2.24, 2.45) is 0 Å². The van der Waals surface area contributed by atoms with Crippen LogP contribution >= 0.6 is 0 Å². The van der Waals surface area contributed by atoms with Crippen molar-refractivity contribution in [2.75, 3.05) is 5.32 Å². The summed E-state index contributed by atoms with van der Waals surface area (Å²) in [5.41, 5.74) is 0.793. The van der Waals surface area contributed by atoms with Gasteiger partial charge in [-0.15, -0.1) is 0 Å². The van der Waals surface area contributed by atoms with Gasteiger partial charge in [-0.2, -0.15) is 0 Å². The average Bonchev–Trinajstić information content (AvgIpc) is 2.06. The van der Waals surface area contributed by atoms with E-state index in [0.717, 1.165) is 0 Å². The number of hydrogen-bond donors (Lipinski definition) is 2. The Bertz CT molecular complexity index is 365. The largest absolute Gasteiger partial charge is 0.508 e. The predicted molar refractivity (Wildman–Crippen MR) is 45.2 cm³/mol. The van der Waals surface area contributed by atoms with Crippen LogP contribution in [0.5, 0.6) is 5.75 Å². The number of halogens is 1. The number of fused-ring (bicyclic) bond motifs is 1. The molecule has 0 saturated heterocycles. The lowest BCUT2D eigenvalue weighted by molar-refractivity contribution is -0.117. The van der Waals surface area contributed by atoms with Gasteiger partial charge >= 0.3 is 0 Å². The Balaban J connectivity index is 2.49. The lowest BCUT2D eigenvalue weighted by Crippen LogP contribution is -2.20. The molecule has 4 heteroatoms. The molecule has 1 aliphatic heterocycles. The van der Waals surface area contributed by atoms with Gasteiger partial charge in [-0.1, -0.05) is 0 Å². The Morgan fingerprint density at radius 2 is 2.31 bits per heavy atom. The summed E-state index contributed by atoms with van der Waals surface area (Å²) >= 11 is 0. The van der Waals surface area contributed by atoms with Gasteiger partial charge in [0.25, 0.3) is 0 Å². The molecule has 1 atom stereocenters. The van der Waals surface area contributed by atoms with Crippen molar-refractivity contribution in [3.63, 3.8) is 0 Å². The molecule has 1 amide bonds. The van der Waals surface area contributed by atoms with Crippen LogP contribution in [0.4, 0.5) is 10.1 Å². The van der Waals surface area contributed by atoms with Crippen LogP contribution in [0.1, 0.15) is 18.2 Å². The lowest BCUT2D eigenvalue weighted by atomic mass is 10.0. The zero-order chi connectivity index (χ0) is 9.42. The Morgan fingerprint density at radius 3 is 3.08 bits per heavy atom. The Kier molecular flexibility index (Phi) is 1.69. The zero-order valence-electron chi connectivity index (χ0n) is 6.75. The van der Waals surface area contributed by atoms with E-state index < -0.39 is 6.17 Å². The van der Waals surface area contributed by atoms with Crippen LogP contribution in [-0.2, 0) is 4.79 Å². The fraction of sp³-hybridized carbons (Fsp3) is 0.222. The minimum absolute atomic E-state index is 0.0116. The molecule has 0 saturated carbocycles. The normalized spacial score (nSPS) is 20.7. The monoisotopic (exact) mass is 181 g/mol. The van der Waals surface area contributed by atoms with E-state index in [1.165, 1.54) is 18.2 Å². The van der Waals surface area contributed by atoms with Crippen molar-refractivity contribution >= 4 is 11.6 Å². The fourth-order valence-corrected chi connectivity index (χ4v) is 1.40. The minimum Gasteiger partial charge on any atom is -0.508 e. The summed E-state index contributed by atoms with van der Waals surface area (Å²) in [7, 11) is 0. The third-order valence-electron chi connectivity index (χ3n) is 2.01. The molecule has 0 spiro atoms. The Labute approximate surface area is 74.2 Å². The molecular formula is C9H8FNO2. The number of benzene rings is 1. The van der Waals surface area contributed by atoms with Crippen molar-refractivity contribution in [1.82, 2.24) is 0 Å². The summed E-state index contributed by atoms with van der Waals surface area (Å²) in [6, 6.07) is 4.24. The van der Waals surface area contributed by atoms with E-state index in [1.807, 2.05) is 0 Å². The summed E-state index contributed by atoms with van der Waals surface area (Å²) in [4.78, 5) is 10.9. The van der Waals surface area contributed by atoms with Gasteiger partial charge in [0.15, 0.2) is 0 Å². The summed E-state index contributed by atoms with van der Waals surface area (Å²) in [6.45, 7) is 0. The molecule has 13 heavy (non-hydrogen) atoms. The quantitative estimate of drug-likeness (QED) is 0.599. The van der Waals surface area contributed by atoms with Crippen LogP contribution in [0.2, 0.25) is 0 Å². The molecular weight excluding hydrogens is 173 g/mol. The number of anilines is 1. The number of alkyl halides is 1. The molecule has 0 radical (unpaired) electrons. The third kappa shape index (κ3) is 1.35. The van der Waals surface area contributed by atoms with E-state index in [4.69, 9.17) is 5.11 Å². The molecule has 68 valence electrons. The predicted octanol–water partition coefficient (Wildman–Crippen LogP) is 1.74. The number of amides is 1. The van der Waals surface area contributed by atoms with Gasteiger partial charge in [0, 0.05) is 11.3 Å². The minimum atomic E-state index is -1.31. The number of phenolic OH excluding ortho intramolecular Hbond substituents is 1. The molecule has 1 heterocycles. The highest BCUT2D eigenvalue weighted by molar-refractivity contribution is 5.94. The van der Waals surface area contributed by atoms with Gasteiger partial charge in [0.1, 0.15) is 11.9 Å². The molecule has 0 fully saturated rings. The van der Waals surface area contributed by atoms with Gasteiger partial charge < -0.3 is 10.4 Å². The lowest BCUT2D eigenvalue weighted by Gasteiger charge is -2.19. The number of rotatable bonds is 0. The second-order valence-corrected chi connectivity index (χ2v) is 2.99. The molecule has 0 bridgehead atoms. The van der Waals surface area contributed by atoms with Crippen LogP contribution < -0.4 is 5.32 Å². The van der Waals surface area contributed by atoms with Crippen molar-refractivity contribution in [3.8, 4) is 5.75 Å². The number of nitrogens with one attached hydrogen (secondary N) is 1. The van der Waals surface area contributed by atoms with Gasteiger partial charge in [-0.3, -0.25) is 4.79 Å². The molecule has 2 rings (SSSR count). The fourth-order valence-electron chi connectivity index (χ4n) is 1.40. The number of phenols is 1. The second-order valence-electron chi connectivity index (χ2n) is 2.99. The van der Waals surface area contributed by atoms with Crippen molar-refractivity contribution in [2.45, 2.75) is 12.6 Å². The van der Waals surface area contributed by atoms with Gasteiger partial charge in [-0.05, 0) is 18.2 Å². The first-order valence-electron chi connectivity index (χ1n) is 3.93. The van der Waals surface area contributed by atoms with E-state index in [-0.39, 0.29) is 18.1 Å². The van der Waals surface area contributed by atoms with Crippen LogP contribution in [0.3, 0.4) is 0 Å². The SMILES string of the molecule is O=C1CC(F)c2cc(O)ccc2N1. The van der Waals surface area contributed by atoms with E-state index >= 15 is 0 Å². The maximum Gasteiger partial charge on any atom is 0.227 e. The maximum atomic E-state index is 13.2. The summed E-state index contributed by atoms with van der Waals surface area (Å²) < 4.78 is 13.2. The number of aromatic hydroxyl groups is 1. The second kappa shape index (κ2) is 2.73. The van der Waals surface area contributed by atoms with Gasteiger partial charge in [0.2, 0.25) is 5.91 Å². The molecule has 1 unspecified atom stereocenters. The van der Waals surface area contributed by atoms with E-state index in [2.05, 4.69) is 5.32 Å². The maximum absolute atomic E-state index is 13.2. The van der Waals surface area contributed by atoms with E-state index in [9.17, 15) is 9.18 Å². The molecule has 0 aliphatic carbocycles. The smallest absolute Gasteiger partial charge is 0.227 e. The van der Waals surface area contributed by atoms with E-state index in [0.29, 0.717) is 11.3 Å². The first kappa shape index (κ1) is 8.04. The first-order chi connectivity index (χ1) is 6.16. The van der Waals surface area contributed by atoms with Gasteiger partial charge in [0.05, 0.1) is 6.42 Å². The highest BCUT2D eigenvalue weighted by Gasteiger charge is 2.24. The summed E-state index contributed by atoms with van der Waals surface area (Å²) in [5, 5.41) is 11.6. The van der Waals surface area contributed by atoms with Crippen molar-refractivity contribution in [3.05, 3.63) is 23.8 Å². The molecule has 1 aromatic rings. The summed E-state index contributed by atoms with van der Waals surface area (Å²) in [5.74, 6) is -0.316. The number of hydrogen-bond acceptors (Lipinski definition) is 2. The van der Waals surface area contributed by atoms with E-state index in [1.54, 1.807) is 0 Å². The number of carbonyl (C=O) groups excluding carboxylic acids is 1. The van der Waals surface area contributed by atoms with Crippen LogP contribution in [0.25, 0.3) is 0 Å².